The summed E-state index contributed by atoms with van der Waals surface area (Å²) in [6.45, 7) is 4.63. The van der Waals surface area contributed by atoms with Gasteiger partial charge >= 0.3 is 7.82 Å². The van der Waals surface area contributed by atoms with Crippen LogP contribution in [-0.4, -0.2) is 73.4 Å². The quantitative estimate of drug-likeness (QED) is 0.0425. The number of phosphoric ester groups is 1. The van der Waals surface area contributed by atoms with Crippen molar-refractivity contribution in [1.29, 1.82) is 0 Å². The number of aliphatic hydroxyl groups is 1. The Hall–Kier alpha value is -0.760. The van der Waals surface area contributed by atoms with Gasteiger partial charge in [0.25, 0.3) is 0 Å². The predicted octanol–water partition coefficient (Wildman–Crippen LogP) is 6.90. The van der Waals surface area contributed by atoms with E-state index in [1.807, 2.05) is 27.2 Å². The van der Waals surface area contributed by atoms with Gasteiger partial charge in [0.2, 0.25) is 5.91 Å². The highest BCUT2D eigenvalue weighted by Gasteiger charge is 2.27. The topological polar surface area (TPSA) is 105 Å². The first-order valence-corrected chi connectivity index (χ1v) is 17.1. The fraction of sp³-hybridized carbons (Fsp3) is 0.900. The highest BCUT2D eigenvalue weighted by molar-refractivity contribution is 7.47. The molecule has 0 saturated carbocycles. The number of hydrogen-bond donors (Lipinski definition) is 3. The second-order valence-electron chi connectivity index (χ2n) is 11.8. The van der Waals surface area contributed by atoms with Gasteiger partial charge in [-0.2, -0.15) is 0 Å². The number of likely N-dealkylation sites (N-methyl/N-ethyl adjacent to an activating group) is 1. The molecule has 3 atom stereocenters. The standard InChI is InChI=1S/C30H61N2O6P/c1-6-8-10-12-13-14-15-16-17-18-19-20-22-24-30(34)31-28(29(33)23-21-11-9-7-2)27-38-39(35,36)37-26-25-32(3,4)5/h21,23,28-29,33H,6-20,22,24-27H2,1-5H3,(H-,31,34,35,36)/p+1/b23-21+. The van der Waals surface area contributed by atoms with E-state index in [1.165, 1.54) is 64.2 Å². The predicted molar refractivity (Wildman–Crippen MR) is 162 cm³/mol. The maximum Gasteiger partial charge on any atom is 0.472 e. The Labute approximate surface area is 240 Å². The van der Waals surface area contributed by atoms with Crippen LogP contribution >= 0.6 is 7.82 Å². The van der Waals surface area contributed by atoms with Crippen molar-refractivity contribution in [3.8, 4) is 0 Å². The Kier molecular flexibility index (Phi) is 23.4. The Balaban J connectivity index is 4.38. The Morgan fingerprint density at radius 1 is 0.846 bits per heavy atom. The van der Waals surface area contributed by atoms with Gasteiger partial charge in [0.1, 0.15) is 13.2 Å². The minimum atomic E-state index is -4.30. The van der Waals surface area contributed by atoms with E-state index in [4.69, 9.17) is 9.05 Å². The molecule has 8 nitrogen and oxygen atoms in total. The van der Waals surface area contributed by atoms with Gasteiger partial charge < -0.3 is 19.8 Å². The minimum absolute atomic E-state index is 0.0623. The summed E-state index contributed by atoms with van der Waals surface area (Å²) in [5.74, 6) is -0.189. The molecule has 0 aromatic carbocycles. The summed E-state index contributed by atoms with van der Waals surface area (Å²) in [7, 11) is 1.57. The number of carbonyl (C=O) groups is 1. The third-order valence-corrected chi connectivity index (χ3v) is 7.74. The van der Waals surface area contributed by atoms with Crippen LogP contribution in [0.25, 0.3) is 0 Å². The summed E-state index contributed by atoms with van der Waals surface area (Å²) < 4.78 is 23.1. The van der Waals surface area contributed by atoms with E-state index in [0.717, 1.165) is 38.5 Å². The maximum absolute atomic E-state index is 12.6. The van der Waals surface area contributed by atoms with Crippen LogP contribution in [0.3, 0.4) is 0 Å². The van der Waals surface area contributed by atoms with Gasteiger partial charge in [0.15, 0.2) is 0 Å². The number of aliphatic hydroxyl groups excluding tert-OH is 1. The van der Waals surface area contributed by atoms with Gasteiger partial charge in [-0.25, -0.2) is 4.57 Å². The van der Waals surface area contributed by atoms with Crippen molar-refractivity contribution in [3.63, 3.8) is 0 Å². The van der Waals surface area contributed by atoms with Crippen molar-refractivity contribution in [1.82, 2.24) is 5.32 Å². The molecule has 0 aliphatic rings. The van der Waals surface area contributed by atoms with Gasteiger partial charge in [0, 0.05) is 6.42 Å². The number of allylic oxidation sites excluding steroid dienone is 1. The molecule has 1 amide bonds. The molecule has 0 aromatic heterocycles. The number of phosphoric acid groups is 1. The summed E-state index contributed by atoms with van der Waals surface area (Å²) in [6.07, 6.45) is 21.8. The molecule has 39 heavy (non-hydrogen) atoms. The van der Waals surface area contributed by atoms with Crippen LogP contribution in [0.15, 0.2) is 12.2 Å². The molecular formula is C30H62N2O6P+. The van der Waals surface area contributed by atoms with Crippen molar-refractivity contribution in [3.05, 3.63) is 12.2 Å². The average molecular weight is 578 g/mol. The monoisotopic (exact) mass is 577 g/mol. The van der Waals surface area contributed by atoms with Crippen molar-refractivity contribution in [2.24, 2.45) is 0 Å². The summed E-state index contributed by atoms with van der Waals surface area (Å²) in [6, 6.07) is -0.833. The number of amides is 1. The van der Waals surface area contributed by atoms with Crippen LogP contribution in [0.4, 0.5) is 0 Å². The van der Waals surface area contributed by atoms with Gasteiger partial charge in [-0.15, -0.1) is 0 Å². The largest absolute Gasteiger partial charge is 0.472 e. The number of nitrogens with zero attached hydrogens (tertiary/aromatic N) is 1. The average Bonchev–Trinajstić information content (AvgIpc) is 2.86. The molecule has 0 saturated heterocycles. The molecule has 0 rings (SSSR count). The molecular weight excluding hydrogens is 515 g/mol. The number of carbonyl (C=O) groups excluding carboxylic acids is 1. The van der Waals surface area contributed by atoms with E-state index >= 15 is 0 Å². The summed E-state index contributed by atoms with van der Waals surface area (Å²) in [5, 5.41) is 13.4. The number of rotatable bonds is 27. The van der Waals surface area contributed by atoms with Gasteiger partial charge in [-0.3, -0.25) is 13.8 Å². The van der Waals surface area contributed by atoms with Crippen molar-refractivity contribution >= 4 is 13.7 Å². The van der Waals surface area contributed by atoms with Crippen LogP contribution < -0.4 is 5.32 Å². The molecule has 0 aliphatic carbocycles. The van der Waals surface area contributed by atoms with Gasteiger partial charge in [-0.05, 0) is 12.8 Å². The second-order valence-corrected chi connectivity index (χ2v) is 13.3. The summed E-state index contributed by atoms with van der Waals surface area (Å²) in [5.41, 5.74) is 0. The molecule has 0 fully saturated rings. The first-order chi connectivity index (χ1) is 18.5. The second kappa shape index (κ2) is 23.9. The lowest BCUT2D eigenvalue weighted by Crippen LogP contribution is -2.45. The van der Waals surface area contributed by atoms with E-state index in [2.05, 4.69) is 19.2 Å². The van der Waals surface area contributed by atoms with Crippen LogP contribution in [0.2, 0.25) is 0 Å². The Morgan fingerprint density at radius 2 is 1.36 bits per heavy atom. The van der Waals surface area contributed by atoms with Gasteiger partial charge in [0.05, 0.1) is 39.9 Å². The van der Waals surface area contributed by atoms with Crippen LogP contribution in [-0.2, 0) is 18.4 Å². The number of nitrogens with one attached hydrogen (secondary N) is 1. The lowest BCUT2D eigenvalue weighted by molar-refractivity contribution is -0.870. The zero-order valence-corrected chi connectivity index (χ0v) is 26.8. The molecule has 0 radical (unpaired) electrons. The summed E-state index contributed by atoms with van der Waals surface area (Å²) >= 11 is 0. The van der Waals surface area contributed by atoms with E-state index < -0.39 is 20.0 Å². The fourth-order valence-electron chi connectivity index (χ4n) is 4.14. The van der Waals surface area contributed by atoms with E-state index in [-0.39, 0.29) is 19.1 Å². The number of unbranched alkanes of at least 4 members (excludes halogenated alkanes) is 14. The van der Waals surface area contributed by atoms with E-state index in [1.54, 1.807) is 6.08 Å². The summed E-state index contributed by atoms with van der Waals surface area (Å²) in [4.78, 5) is 22.6. The zero-order valence-electron chi connectivity index (χ0n) is 25.9. The molecule has 0 spiro atoms. The molecule has 9 heteroatoms. The SMILES string of the molecule is CCCC/C=C/C(O)C(COP(=O)(O)OCC[N+](C)(C)C)NC(=O)CCCCCCCCCCCCCCC. The van der Waals surface area contributed by atoms with Crippen LogP contribution in [0.1, 0.15) is 123 Å². The molecule has 0 bridgehead atoms. The van der Waals surface area contributed by atoms with Crippen LogP contribution in [0.5, 0.6) is 0 Å². The Morgan fingerprint density at radius 3 is 1.87 bits per heavy atom. The molecule has 3 N–H and O–H groups in total. The fourth-order valence-corrected chi connectivity index (χ4v) is 4.88. The molecule has 0 aliphatic heterocycles. The van der Waals surface area contributed by atoms with Crippen LogP contribution in [0, 0.1) is 0 Å². The highest BCUT2D eigenvalue weighted by Crippen LogP contribution is 2.43. The van der Waals surface area contributed by atoms with Gasteiger partial charge in [-0.1, -0.05) is 116 Å². The lowest BCUT2D eigenvalue weighted by Gasteiger charge is -2.25. The maximum atomic E-state index is 12.6. The Bertz CT molecular complexity index is 668. The third kappa shape index (κ3) is 25.9. The third-order valence-electron chi connectivity index (χ3n) is 6.76. The molecule has 3 unspecified atom stereocenters. The van der Waals surface area contributed by atoms with E-state index in [9.17, 15) is 19.4 Å². The molecule has 232 valence electrons. The first kappa shape index (κ1) is 38.2. The van der Waals surface area contributed by atoms with Crippen molar-refractivity contribution < 1.29 is 32.9 Å². The van der Waals surface area contributed by atoms with E-state index in [0.29, 0.717) is 17.4 Å². The highest BCUT2D eigenvalue weighted by atomic mass is 31.2. The lowest BCUT2D eigenvalue weighted by atomic mass is 10.0. The number of hydrogen-bond acceptors (Lipinski definition) is 5. The van der Waals surface area contributed by atoms with Crippen molar-refractivity contribution in [2.75, 3.05) is 40.9 Å². The number of quaternary nitrogens is 1. The van der Waals surface area contributed by atoms with Crippen molar-refractivity contribution in [2.45, 2.75) is 135 Å². The smallest absolute Gasteiger partial charge is 0.387 e. The minimum Gasteiger partial charge on any atom is -0.387 e. The first-order valence-electron chi connectivity index (χ1n) is 15.6. The zero-order chi connectivity index (χ0) is 29.4. The molecule has 0 heterocycles. The normalized spacial score (nSPS) is 15.4. The molecule has 0 aromatic rings.